The fourth-order valence-corrected chi connectivity index (χ4v) is 5.35. The second-order valence-electron chi connectivity index (χ2n) is 8.75. The molecule has 0 radical (unpaired) electrons. The molecule has 168 valence electrons. The standard InChI is InChI=1S/C21H19F4N5O2/c1-32-17-5-2-13(7-26-17)18-8-19(9-18,10-18)21(24,25)20(31,11-30-12-27-28-29-30)15-4-3-14(22)6-16(15)23/h2-7,12,31H,8-11H2,1H3/t18?,19?,20-/m0/s1. The Morgan fingerprint density at radius 3 is 2.47 bits per heavy atom. The minimum Gasteiger partial charge on any atom is -0.481 e. The smallest absolute Gasteiger partial charge is 0.287 e. The van der Waals surface area contributed by atoms with Crippen LogP contribution in [0.1, 0.15) is 30.4 Å². The van der Waals surface area contributed by atoms with Gasteiger partial charge in [0.05, 0.1) is 13.7 Å². The van der Waals surface area contributed by atoms with Crippen molar-refractivity contribution in [1.82, 2.24) is 25.2 Å². The molecule has 2 bridgehead atoms. The Bertz CT molecular complexity index is 1140. The van der Waals surface area contributed by atoms with Crippen LogP contribution in [0.25, 0.3) is 0 Å². The number of ether oxygens (including phenoxy) is 1. The van der Waals surface area contributed by atoms with Gasteiger partial charge < -0.3 is 9.84 Å². The maximum atomic E-state index is 16.1. The number of tetrazole rings is 1. The number of hydrogen-bond donors (Lipinski definition) is 1. The fraction of sp³-hybridized carbons (Fsp3) is 0.429. The number of benzene rings is 1. The number of alkyl halides is 2. The lowest BCUT2D eigenvalue weighted by Gasteiger charge is -2.74. The second-order valence-corrected chi connectivity index (χ2v) is 8.75. The van der Waals surface area contributed by atoms with E-state index in [1.54, 1.807) is 18.3 Å². The maximum Gasteiger partial charge on any atom is 0.287 e. The molecule has 1 aromatic carbocycles. The largest absolute Gasteiger partial charge is 0.481 e. The number of halogens is 4. The van der Waals surface area contributed by atoms with Crippen molar-refractivity contribution in [3.8, 4) is 5.88 Å². The summed E-state index contributed by atoms with van der Waals surface area (Å²) in [5, 5.41) is 21.7. The monoisotopic (exact) mass is 449 g/mol. The van der Waals surface area contributed by atoms with Crippen LogP contribution >= 0.6 is 0 Å². The van der Waals surface area contributed by atoms with Gasteiger partial charge in [-0.15, -0.1) is 5.10 Å². The molecule has 0 aliphatic heterocycles. The van der Waals surface area contributed by atoms with E-state index in [0.717, 1.165) is 28.7 Å². The van der Waals surface area contributed by atoms with E-state index in [-0.39, 0.29) is 19.3 Å². The maximum absolute atomic E-state index is 16.1. The van der Waals surface area contributed by atoms with Gasteiger partial charge in [0.2, 0.25) is 5.88 Å². The number of nitrogens with zero attached hydrogens (tertiary/aromatic N) is 5. The molecule has 1 N–H and O–H groups in total. The molecule has 11 heteroatoms. The van der Waals surface area contributed by atoms with E-state index in [1.807, 2.05) is 0 Å². The molecule has 6 rings (SSSR count). The molecule has 2 heterocycles. The zero-order chi connectivity index (χ0) is 22.8. The zero-order valence-electron chi connectivity index (χ0n) is 17.0. The van der Waals surface area contributed by atoms with E-state index in [2.05, 4.69) is 20.5 Å². The summed E-state index contributed by atoms with van der Waals surface area (Å²) in [6.07, 6.45) is 2.95. The van der Waals surface area contributed by atoms with Crippen LogP contribution in [0, 0.1) is 17.0 Å². The Morgan fingerprint density at radius 2 is 1.91 bits per heavy atom. The summed E-state index contributed by atoms with van der Waals surface area (Å²) in [6, 6.07) is 5.62. The van der Waals surface area contributed by atoms with Crippen LogP contribution < -0.4 is 4.74 Å². The Labute approximate surface area is 180 Å². The predicted molar refractivity (Wildman–Crippen MR) is 102 cm³/mol. The molecule has 3 aliphatic carbocycles. The van der Waals surface area contributed by atoms with Crippen LogP contribution in [0.3, 0.4) is 0 Å². The summed E-state index contributed by atoms with van der Waals surface area (Å²) in [6.45, 7) is -0.797. The van der Waals surface area contributed by atoms with Crippen molar-refractivity contribution < 1.29 is 27.4 Å². The van der Waals surface area contributed by atoms with Crippen molar-refractivity contribution in [2.75, 3.05) is 7.11 Å². The van der Waals surface area contributed by atoms with Crippen LogP contribution in [0.4, 0.5) is 17.6 Å². The number of aliphatic hydroxyl groups is 1. The van der Waals surface area contributed by atoms with Gasteiger partial charge in [-0.1, -0.05) is 6.07 Å². The van der Waals surface area contributed by atoms with Gasteiger partial charge in [-0.3, -0.25) is 0 Å². The van der Waals surface area contributed by atoms with E-state index in [0.29, 0.717) is 11.9 Å². The fourth-order valence-electron chi connectivity index (χ4n) is 5.35. The Morgan fingerprint density at radius 1 is 1.16 bits per heavy atom. The molecule has 0 saturated heterocycles. The molecular formula is C21H19F4N5O2. The average Bonchev–Trinajstić information content (AvgIpc) is 3.18. The summed E-state index contributed by atoms with van der Waals surface area (Å²) in [4.78, 5) is 4.15. The quantitative estimate of drug-likeness (QED) is 0.559. The topological polar surface area (TPSA) is 86.0 Å². The number of hydrogen-bond acceptors (Lipinski definition) is 6. The predicted octanol–water partition coefficient (Wildman–Crippen LogP) is 3.00. The Balaban J connectivity index is 1.49. The van der Waals surface area contributed by atoms with E-state index in [1.165, 1.54) is 7.11 Å². The van der Waals surface area contributed by atoms with Gasteiger partial charge in [0.1, 0.15) is 18.0 Å². The first kappa shape index (κ1) is 20.8. The van der Waals surface area contributed by atoms with Gasteiger partial charge in [-0.25, -0.2) is 27.2 Å². The average molecular weight is 449 g/mol. The van der Waals surface area contributed by atoms with E-state index < -0.39 is 46.1 Å². The lowest BCUT2D eigenvalue weighted by molar-refractivity contribution is -0.347. The second kappa shape index (κ2) is 6.71. The van der Waals surface area contributed by atoms with E-state index in [9.17, 15) is 13.9 Å². The van der Waals surface area contributed by atoms with Crippen LogP contribution in [0.15, 0.2) is 42.9 Å². The normalized spacial score (nSPS) is 26.1. The van der Waals surface area contributed by atoms with Crippen molar-refractivity contribution in [2.24, 2.45) is 5.41 Å². The molecule has 0 spiro atoms. The summed E-state index contributed by atoms with van der Waals surface area (Å²) in [7, 11) is 1.48. The third-order valence-corrected chi connectivity index (χ3v) is 6.93. The highest BCUT2D eigenvalue weighted by Crippen LogP contribution is 2.80. The summed E-state index contributed by atoms with van der Waals surface area (Å²) in [5.41, 5.74) is -4.90. The number of aromatic nitrogens is 5. The van der Waals surface area contributed by atoms with Crippen molar-refractivity contribution in [2.45, 2.75) is 42.7 Å². The molecule has 3 aromatic rings. The first-order valence-corrected chi connectivity index (χ1v) is 9.92. The third-order valence-electron chi connectivity index (χ3n) is 6.93. The van der Waals surface area contributed by atoms with Gasteiger partial charge in [0.25, 0.3) is 5.92 Å². The molecule has 32 heavy (non-hydrogen) atoms. The van der Waals surface area contributed by atoms with Gasteiger partial charge >= 0.3 is 0 Å². The van der Waals surface area contributed by atoms with Crippen molar-refractivity contribution >= 4 is 0 Å². The highest BCUT2D eigenvalue weighted by Gasteiger charge is 2.82. The summed E-state index contributed by atoms with van der Waals surface area (Å²) in [5.74, 6) is -5.54. The van der Waals surface area contributed by atoms with Crippen LogP contribution in [0.5, 0.6) is 5.88 Å². The molecule has 2 aromatic heterocycles. The van der Waals surface area contributed by atoms with Gasteiger partial charge in [-0.2, -0.15) is 0 Å². The highest BCUT2D eigenvalue weighted by molar-refractivity contribution is 5.42. The lowest BCUT2D eigenvalue weighted by atomic mass is 9.30. The molecule has 7 nitrogen and oxygen atoms in total. The molecule has 0 unspecified atom stereocenters. The van der Waals surface area contributed by atoms with Gasteiger partial charge in [0, 0.05) is 29.3 Å². The summed E-state index contributed by atoms with van der Waals surface area (Å²) >= 11 is 0. The molecule has 1 atom stereocenters. The lowest BCUT2D eigenvalue weighted by Crippen LogP contribution is -2.76. The number of rotatable bonds is 7. The molecule has 3 saturated carbocycles. The highest BCUT2D eigenvalue weighted by atomic mass is 19.3. The minimum absolute atomic E-state index is 0.0989. The van der Waals surface area contributed by atoms with Gasteiger partial charge in [-0.05, 0) is 52.8 Å². The van der Waals surface area contributed by atoms with Crippen molar-refractivity contribution in [1.29, 1.82) is 0 Å². The number of pyridine rings is 1. The zero-order valence-corrected chi connectivity index (χ0v) is 17.0. The summed E-state index contributed by atoms with van der Waals surface area (Å²) < 4.78 is 66.2. The SMILES string of the molecule is COc1ccc(C23CC(C(F)(F)[C@](O)(Cn4cnnn4)c4ccc(F)cc4F)(C2)C3)cn1. The first-order valence-electron chi connectivity index (χ1n) is 9.92. The molecule has 3 aliphatic rings. The minimum atomic E-state index is -3.76. The van der Waals surface area contributed by atoms with Crippen LogP contribution in [-0.2, 0) is 17.6 Å². The van der Waals surface area contributed by atoms with E-state index >= 15 is 8.78 Å². The molecular weight excluding hydrogens is 430 g/mol. The van der Waals surface area contributed by atoms with Crippen LogP contribution in [0.2, 0.25) is 0 Å². The molecule has 0 amide bonds. The third kappa shape index (κ3) is 2.70. The van der Waals surface area contributed by atoms with Gasteiger partial charge in [0.15, 0.2) is 5.60 Å². The number of methoxy groups -OCH3 is 1. The van der Waals surface area contributed by atoms with Crippen molar-refractivity contribution in [3.63, 3.8) is 0 Å². The Kier molecular flexibility index (Phi) is 4.36. The first-order chi connectivity index (χ1) is 15.1. The van der Waals surface area contributed by atoms with Crippen LogP contribution in [-0.4, -0.2) is 43.3 Å². The molecule has 3 fully saturated rings. The Hall–Kier alpha value is -3.08. The van der Waals surface area contributed by atoms with Crippen molar-refractivity contribution in [3.05, 3.63) is 65.6 Å². The van der Waals surface area contributed by atoms with E-state index in [4.69, 9.17) is 4.74 Å².